The summed E-state index contributed by atoms with van der Waals surface area (Å²) in [6.45, 7) is 6.43. The fraction of sp³-hybridized carbons (Fsp3) is 0.417. The molecule has 4 N–H and O–H groups in total. The van der Waals surface area contributed by atoms with Gasteiger partial charge in [0.1, 0.15) is 0 Å². The van der Waals surface area contributed by atoms with Crippen molar-refractivity contribution >= 4 is 5.84 Å². The van der Waals surface area contributed by atoms with Gasteiger partial charge in [0.2, 0.25) is 0 Å². The number of benzene rings is 1. The normalized spacial score (nSPS) is 12.0. The summed E-state index contributed by atoms with van der Waals surface area (Å²) in [6.07, 6.45) is 0. The van der Waals surface area contributed by atoms with Crippen LogP contribution in [0, 0.1) is 6.92 Å². The molecule has 4 heteroatoms. The average Bonchev–Trinajstić information content (AvgIpc) is 2.20. The predicted octanol–water partition coefficient (Wildman–Crippen LogP) is 1.54. The van der Waals surface area contributed by atoms with Crippen LogP contribution >= 0.6 is 0 Å². The maximum Gasteiger partial charge on any atom is 0.169 e. The Morgan fingerprint density at radius 3 is 2.44 bits per heavy atom. The van der Waals surface area contributed by atoms with Gasteiger partial charge < -0.3 is 5.84 Å². The van der Waals surface area contributed by atoms with Gasteiger partial charge in [0.25, 0.3) is 0 Å². The van der Waals surface area contributed by atoms with Gasteiger partial charge in [0.05, 0.1) is 0 Å². The molecule has 0 saturated carbocycles. The molecule has 0 aromatic heterocycles. The first kappa shape index (κ1) is 12.5. The number of aryl methyl sites for hydroxylation is 1. The molecule has 0 saturated heterocycles. The van der Waals surface area contributed by atoms with Gasteiger partial charge in [0, 0.05) is 12.6 Å². The van der Waals surface area contributed by atoms with Crippen LogP contribution in [-0.2, 0) is 0 Å². The smallest absolute Gasteiger partial charge is 0.169 e. The molecule has 0 aliphatic rings. The van der Waals surface area contributed by atoms with E-state index in [2.05, 4.69) is 38.0 Å². The van der Waals surface area contributed by atoms with Crippen LogP contribution < -0.4 is 11.7 Å². The topological polar surface area (TPSA) is 67.6 Å². The van der Waals surface area contributed by atoms with Crippen molar-refractivity contribution in [1.29, 1.82) is 0 Å². The van der Waals surface area contributed by atoms with Crippen molar-refractivity contribution in [3.63, 3.8) is 0 Å². The molecule has 16 heavy (non-hydrogen) atoms. The van der Waals surface area contributed by atoms with Crippen molar-refractivity contribution in [3.8, 4) is 0 Å². The van der Waals surface area contributed by atoms with Gasteiger partial charge in [-0.2, -0.15) is 5.10 Å². The van der Waals surface area contributed by atoms with Crippen LogP contribution in [0.3, 0.4) is 0 Å². The zero-order valence-corrected chi connectivity index (χ0v) is 10.4. The maximum absolute atomic E-state index is 5.67. The third kappa shape index (κ3) is 2.52. The van der Waals surface area contributed by atoms with E-state index in [0.717, 1.165) is 5.56 Å². The number of hydrogen-bond donors (Lipinski definition) is 2. The quantitative estimate of drug-likeness (QED) is 0.344. The summed E-state index contributed by atoms with van der Waals surface area (Å²) in [4.78, 5) is 0. The van der Waals surface area contributed by atoms with Crippen LogP contribution in [0.2, 0.25) is 0 Å². The van der Waals surface area contributed by atoms with E-state index in [1.54, 1.807) is 7.05 Å². The Morgan fingerprint density at radius 1 is 1.38 bits per heavy atom. The Labute approximate surface area is 96.9 Å². The van der Waals surface area contributed by atoms with Gasteiger partial charge in [0.15, 0.2) is 5.84 Å². The lowest BCUT2D eigenvalue weighted by Gasteiger charge is -2.17. The Balaban J connectivity index is 3.22. The summed E-state index contributed by atoms with van der Waals surface area (Å²) in [7, 11) is 1.72. The fourth-order valence-corrected chi connectivity index (χ4v) is 1.77. The van der Waals surface area contributed by atoms with E-state index >= 15 is 0 Å². The van der Waals surface area contributed by atoms with Crippen molar-refractivity contribution < 1.29 is 0 Å². The minimum atomic E-state index is 0.474. The van der Waals surface area contributed by atoms with Crippen molar-refractivity contribution in [1.82, 2.24) is 5.01 Å². The third-order valence-electron chi connectivity index (χ3n) is 2.62. The average molecular weight is 220 g/mol. The van der Waals surface area contributed by atoms with Crippen LogP contribution in [0.4, 0.5) is 0 Å². The standard InChI is InChI=1S/C12H20N4/c1-8(2)11-7-10(6-5-9(11)3)12(15-13)16(4)14/h5-8H,13-14H2,1-4H3/b15-12-. The minimum absolute atomic E-state index is 0.474. The molecule has 0 amide bonds. The number of hydrazine groups is 1. The lowest BCUT2D eigenvalue weighted by molar-refractivity contribution is 0.537. The highest BCUT2D eigenvalue weighted by Gasteiger charge is 2.10. The Morgan fingerprint density at radius 2 is 2.00 bits per heavy atom. The Hall–Kier alpha value is -1.55. The van der Waals surface area contributed by atoms with Crippen LogP contribution in [0.25, 0.3) is 0 Å². The molecule has 0 aliphatic heterocycles. The van der Waals surface area contributed by atoms with Crippen LogP contribution in [0.1, 0.15) is 36.5 Å². The zero-order valence-electron chi connectivity index (χ0n) is 10.4. The first-order valence-electron chi connectivity index (χ1n) is 5.34. The summed E-state index contributed by atoms with van der Waals surface area (Å²) < 4.78 is 0. The van der Waals surface area contributed by atoms with Crippen LogP contribution in [0.5, 0.6) is 0 Å². The molecule has 0 atom stereocenters. The minimum Gasteiger partial charge on any atom is -0.321 e. The lowest BCUT2D eigenvalue weighted by Crippen LogP contribution is -2.34. The predicted molar refractivity (Wildman–Crippen MR) is 67.9 cm³/mol. The van der Waals surface area contributed by atoms with E-state index < -0.39 is 0 Å². The molecule has 0 spiro atoms. The highest BCUT2D eigenvalue weighted by atomic mass is 15.4. The van der Waals surface area contributed by atoms with E-state index in [9.17, 15) is 0 Å². The fourth-order valence-electron chi connectivity index (χ4n) is 1.77. The molecule has 4 nitrogen and oxygen atoms in total. The molecular weight excluding hydrogens is 200 g/mol. The van der Waals surface area contributed by atoms with Crippen molar-refractivity contribution in [2.24, 2.45) is 16.8 Å². The highest BCUT2D eigenvalue weighted by Crippen LogP contribution is 2.20. The van der Waals surface area contributed by atoms with Crippen LogP contribution in [-0.4, -0.2) is 17.9 Å². The summed E-state index contributed by atoms with van der Waals surface area (Å²) in [5, 5.41) is 5.13. The molecule has 88 valence electrons. The maximum atomic E-state index is 5.67. The Bertz CT molecular complexity index is 394. The SMILES string of the molecule is Cc1ccc(/C(=N/N)N(C)N)cc1C(C)C. The highest BCUT2D eigenvalue weighted by molar-refractivity contribution is 5.98. The van der Waals surface area contributed by atoms with E-state index in [4.69, 9.17) is 11.7 Å². The van der Waals surface area contributed by atoms with Gasteiger partial charge >= 0.3 is 0 Å². The molecule has 1 aromatic carbocycles. The number of hydrogen-bond acceptors (Lipinski definition) is 3. The first-order valence-corrected chi connectivity index (χ1v) is 5.34. The molecule has 0 fully saturated rings. The third-order valence-corrected chi connectivity index (χ3v) is 2.62. The molecule has 0 unspecified atom stereocenters. The summed E-state index contributed by atoms with van der Waals surface area (Å²) in [5.74, 6) is 12.1. The molecule has 1 rings (SSSR count). The summed E-state index contributed by atoms with van der Waals surface area (Å²) in [6, 6.07) is 6.14. The van der Waals surface area contributed by atoms with Gasteiger partial charge in [-0.15, -0.1) is 0 Å². The van der Waals surface area contributed by atoms with Crippen molar-refractivity contribution in [2.75, 3.05) is 7.05 Å². The molecule has 0 heterocycles. The van der Waals surface area contributed by atoms with Crippen LogP contribution in [0.15, 0.2) is 23.3 Å². The number of nitrogens with zero attached hydrogens (tertiary/aromatic N) is 2. The van der Waals surface area contributed by atoms with E-state index in [-0.39, 0.29) is 0 Å². The molecule has 0 bridgehead atoms. The second-order valence-electron chi connectivity index (χ2n) is 4.29. The summed E-state index contributed by atoms with van der Waals surface area (Å²) >= 11 is 0. The number of rotatable bonds is 2. The number of nitrogens with two attached hydrogens (primary N) is 2. The molecule has 0 aliphatic carbocycles. The summed E-state index contributed by atoms with van der Waals surface area (Å²) in [5.41, 5.74) is 3.51. The van der Waals surface area contributed by atoms with E-state index in [1.165, 1.54) is 16.1 Å². The Kier molecular flexibility index (Phi) is 3.90. The van der Waals surface area contributed by atoms with Gasteiger partial charge in [-0.25, -0.2) is 5.84 Å². The molecule has 1 aromatic rings. The molecule has 0 radical (unpaired) electrons. The second kappa shape index (κ2) is 4.99. The van der Waals surface area contributed by atoms with Gasteiger partial charge in [-0.3, -0.25) is 5.01 Å². The number of hydrazone groups is 1. The monoisotopic (exact) mass is 220 g/mol. The second-order valence-corrected chi connectivity index (χ2v) is 4.29. The van der Waals surface area contributed by atoms with E-state index in [1.807, 2.05) is 6.07 Å². The lowest BCUT2D eigenvalue weighted by atomic mass is 9.95. The van der Waals surface area contributed by atoms with E-state index in [0.29, 0.717) is 11.8 Å². The number of amidine groups is 1. The van der Waals surface area contributed by atoms with Gasteiger partial charge in [-0.1, -0.05) is 26.0 Å². The van der Waals surface area contributed by atoms with Crippen molar-refractivity contribution in [2.45, 2.75) is 26.7 Å². The van der Waals surface area contributed by atoms with Crippen molar-refractivity contribution in [3.05, 3.63) is 34.9 Å². The molecular formula is C12H20N4. The first-order chi connectivity index (χ1) is 7.47. The van der Waals surface area contributed by atoms with Gasteiger partial charge in [-0.05, 0) is 30.0 Å². The largest absolute Gasteiger partial charge is 0.321 e. The zero-order chi connectivity index (χ0) is 12.3.